The maximum atomic E-state index is 13.3. The number of amides is 2. The zero-order valence-corrected chi connectivity index (χ0v) is 20.5. The summed E-state index contributed by atoms with van der Waals surface area (Å²) in [5.74, 6) is 1.30. The van der Waals surface area contributed by atoms with E-state index < -0.39 is 0 Å². The van der Waals surface area contributed by atoms with Crippen LogP contribution < -0.4 is 10.6 Å². The van der Waals surface area contributed by atoms with Crippen LogP contribution in [0.5, 0.6) is 0 Å². The monoisotopic (exact) mass is 486 g/mol. The summed E-state index contributed by atoms with van der Waals surface area (Å²) in [7, 11) is 3.81. The molecule has 6 aliphatic carbocycles. The fourth-order valence-electron chi connectivity index (χ4n) is 7.92. The number of aromatic nitrogens is 6. The summed E-state index contributed by atoms with van der Waals surface area (Å²) in [4.78, 5) is 35.2. The van der Waals surface area contributed by atoms with Gasteiger partial charge in [0.15, 0.2) is 0 Å². The van der Waals surface area contributed by atoms with Crippen molar-refractivity contribution in [3.63, 3.8) is 0 Å². The summed E-state index contributed by atoms with van der Waals surface area (Å²) in [6.07, 6.45) is 11.3. The Kier molecular flexibility index (Phi) is 4.50. The molecule has 0 radical (unpaired) electrons. The number of hydrogen-bond donors (Lipinski definition) is 2. The topological polar surface area (TPSA) is 120 Å². The average molecular weight is 487 g/mol. The molecule has 0 aromatic carbocycles. The Morgan fingerprint density at radius 1 is 0.833 bits per heavy atom. The van der Waals surface area contributed by atoms with Gasteiger partial charge < -0.3 is 10.6 Å². The molecular weight excluding hydrogens is 456 g/mol. The Balaban J connectivity index is 1.06. The number of hydrogen-bond acceptors (Lipinski definition) is 6. The van der Waals surface area contributed by atoms with Gasteiger partial charge in [0.2, 0.25) is 11.8 Å². The number of fused-ring (bicyclic) bond motifs is 2. The van der Waals surface area contributed by atoms with Gasteiger partial charge in [0.25, 0.3) is 0 Å². The van der Waals surface area contributed by atoms with Crippen LogP contribution in [0.2, 0.25) is 0 Å². The van der Waals surface area contributed by atoms with E-state index in [-0.39, 0.29) is 34.5 Å². The Bertz CT molecular complexity index is 1270. The molecule has 9 rings (SSSR count). The number of aryl methyl sites for hydroxylation is 2. The van der Waals surface area contributed by atoms with E-state index >= 15 is 0 Å². The van der Waals surface area contributed by atoms with Crippen molar-refractivity contribution >= 4 is 23.5 Å². The smallest absolute Gasteiger partial charge is 0.229 e. The van der Waals surface area contributed by atoms with Crippen molar-refractivity contribution in [2.75, 3.05) is 10.6 Å². The van der Waals surface area contributed by atoms with E-state index in [1.807, 2.05) is 38.6 Å². The summed E-state index contributed by atoms with van der Waals surface area (Å²) in [6.45, 7) is 0. The molecule has 2 amide bonds. The van der Waals surface area contributed by atoms with E-state index in [0.717, 1.165) is 49.9 Å². The molecule has 3 aromatic heterocycles. The van der Waals surface area contributed by atoms with Crippen LogP contribution in [-0.4, -0.2) is 41.3 Å². The first-order chi connectivity index (χ1) is 17.4. The second-order valence-electron chi connectivity index (χ2n) is 11.3. The molecule has 6 saturated carbocycles. The van der Waals surface area contributed by atoms with Crippen LogP contribution in [0.4, 0.5) is 11.6 Å². The first kappa shape index (κ1) is 21.7. The molecule has 6 aliphatic rings. The van der Waals surface area contributed by atoms with E-state index in [2.05, 4.69) is 30.8 Å². The molecule has 3 heterocycles. The predicted octanol–water partition coefficient (Wildman–Crippen LogP) is 2.56. The molecule has 0 saturated heterocycles. The lowest BCUT2D eigenvalue weighted by Crippen LogP contribution is -2.51. The van der Waals surface area contributed by atoms with E-state index in [0.29, 0.717) is 23.5 Å². The Morgan fingerprint density at radius 3 is 1.69 bits per heavy atom. The summed E-state index contributed by atoms with van der Waals surface area (Å²) in [6, 6.07) is 5.72. The van der Waals surface area contributed by atoms with Gasteiger partial charge in [0, 0.05) is 43.4 Å². The highest BCUT2D eigenvalue weighted by atomic mass is 16.2. The van der Waals surface area contributed by atoms with Crippen molar-refractivity contribution < 1.29 is 9.59 Å². The molecule has 6 fully saturated rings. The van der Waals surface area contributed by atoms with Gasteiger partial charge in [-0.1, -0.05) is 0 Å². The molecule has 4 bridgehead atoms. The molecule has 0 aliphatic heterocycles. The second kappa shape index (κ2) is 7.47. The first-order valence-electron chi connectivity index (χ1n) is 12.8. The van der Waals surface area contributed by atoms with Crippen LogP contribution in [0, 0.1) is 23.7 Å². The highest BCUT2D eigenvalue weighted by molar-refractivity contribution is 5.96. The van der Waals surface area contributed by atoms with Gasteiger partial charge in [-0.3, -0.25) is 19.0 Å². The zero-order valence-electron chi connectivity index (χ0n) is 20.5. The van der Waals surface area contributed by atoms with Gasteiger partial charge in [0.05, 0.1) is 23.2 Å². The summed E-state index contributed by atoms with van der Waals surface area (Å²) < 4.78 is 3.60. The van der Waals surface area contributed by atoms with Crippen LogP contribution in [0.3, 0.4) is 0 Å². The van der Waals surface area contributed by atoms with Crippen LogP contribution in [0.25, 0.3) is 0 Å². The SMILES string of the molecule is Cn1ccc(C23CCC(C2)C3C(=O)Nc2cc(NC(=O)C3C4CCC3(c3ccn(C)n3)C4)ncn2)n1. The molecule has 2 N–H and O–H groups in total. The molecule has 3 aromatic rings. The van der Waals surface area contributed by atoms with E-state index in [9.17, 15) is 9.59 Å². The Hall–Kier alpha value is -3.56. The number of rotatable bonds is 6. The molecular formula is C26H30N8O2. The molecule has 6 atom stereocenters. The van der Waals surface area contributed by atoms with Gasteiger partial charge >= 0.3 is 0 Å². The maximum Gasteiger partial charge on any atom is 0.229 e. The summed E-state index contributed by atoms with van der Waals surface area (Å²) in [5, 5.41) is 15.2. The Labute approximate surface area is 208 Å². The molecule has 10 nitrogen and oxygen atoms in total. The van der Waals surface area contributed by atoms with E-state index in [4.69, 9.17) is 0 Å². The molecule has 0 spiro atoms. The highest BCUT2D eigenvalue weighted by Crippen LogP contribution is 2.64. The number of nitrogens with zero attached hydrogens (tertiary/aromatic N) is 6. The minimum Gasteiger partial charge on any atom is -0.310 e. The standard InChI is InChI=1S/C26H30N8O2/c1-33-9-5-17(31-33)25-7-3-15(12-25)21(25)23(35)29-19-11-20(28-14-27-19)30-24(36)22-16-4-8-26(22,13-16)18-6-10-34(2)32-18/h5-6,9-11,14-16,21-22H,3-4,7-8,12-13H2,1-2H3,(H2,27,28,29,30,35,36). The largest absolute Gasteiger partial charge is 0.310 e. The fourth-order valence-corrected chi connectivity index (χ4v) is 7.92. The fraction of sp³-hybridized carbons (Fsp3) is 0.538. The van der Waals surface area contributed by atoms with E-state index in [1.165, 1.54) is 6.33 Å². The van der Waals surface area contributed by atoms with Crippen molar-refractivity contribution in [1.29, 1.82) is 0 Å². The van der Waals surface area contributed by atoms with Gasteiger partial charge in [-0.15, -0.1) is 0 Å². The van der Waals surface area contributed by atoms with E-state index in [1.54, 1.807) is 15.4 Å². The highest BCUT2D eigenvalue weighted by Gasteiger charge is 2.64. The number of carbonyl (C=O) groups is 2. The van der Waals surface area contributed by atoms with Crippen LogP contribution in [-0.2, 0) is 34.5 Å². The van der Waals surface area contributed by atoms with Crippen LogP contribution in [0.15, 0.2) is 36.9 Å². The lowest BCUT2D eigenvalue weighted by molar-refractivity contribution is -0.128. The molecule has 186 valence electrons. The van der Waals surface area contributed by atoms with Crippen molar-refractivity contribution in [3.05, 3.63) is 48.3 Å². The number of nitrogens with one attached hydrogen (secondary N) is 2. The van der Waals surface area contributed by atoms with Gasteiger partial charge in [-0.25, -0.2) is 9.97 Å². The summed E-state index contributed by atoms with van der Waals surface area (Å²) >= 11 is 0. The number of carbonyl (C=O) groups excluding carboxylic acids is 2. The third kappa shape index (κ3) is 2.96. The van der Waals surface area contributed by atoms with Crippen molar-refractivity contribution in [2.45, 2.75) is 49.4 Å². The molecule has 36 heavy (non-hydrogen) atoms. The van der Waals surface area contributed by atoms with Gasteiger partial charge in [-0.05, 0) is 62.5 Å². The summed E-state index contributed by atoms with van der Waals surface area (Å²) in [5.41, 5.74) is 1.66. The van der Waals surface area contributed by atoms with Crippen LogP contribution in [0.1, 0.15) is 49.9 Å². The molecule has 6 unspecified atom stereocenters. The average Bonchev–Trinajstić information content (AvgIpc) is 3.62. The van der Waals surface area contributed by atoms with Gasteiger partial charge in [-0.2, -0.15) is 10.2 Å². The maximum absolute atomic E-state index is 13.3. The third-order valence-electron chi connectivity index (χ3n) is 9.49. The number of anilines is 2. The lowest BCUT2D eigenvalue weighted by atomic mass is 9.58. The van der Waals surface area contributed by atoms with Crippen molar-refractivity contribution in [2.24, 2.45) is 37.8 Å². The Morgan fingerprint density at radius 2 is 1.31 bits per heavy atom. The predicted molar refractivity (Wildman–Crippen MR) is 131 cm³/mol. The van der Waals surface area contributed by atoms with Crippen molar-refractivity contribution in [1.82, 2.24) is 29.5 Å². The molecule has 10 heteroatoms. The third-order valence-corrected chi connectivity index (χ3v) is 9.49. The second-order valence-corrected chi connectivity index (χ2v) is 11.3. The first-order valence-corrected chi connectivity index (χ1v) is 12.8. The quantitative estimate of drug-likeness (QED) is 0.553. The van der Waals surface area contributed by atoms with Crippen LogP contribution >= 0.6 is 0 Å². The normalized spacial score (nSPS) is 33.6. The lowest BCUT2D eigenvalue weighted by Gasteiger charge is -2.45. The minimum absolute atomic E-state index is 0.0310. The van der Waals surface area contributed by atoms with Crippen molar-refractivity contribution in [3.8, 4) is 0 Å². The zero-order chi connectivity index (χ0) is 24.7. The van der Waals surface area contributed by atoms with Gasteiger partial charge in [0.1, 0.15) is 18.0 Å². The minimum atomic E-state index is -0.177.